The number of benzene rings is 2. The van der Waals surface area contributed by atoms with Crippen molar-refractivity contribution >= 4 is 12.2 Å². The fraction of sp³-hybridized carbons (Fsp3) is 0.111. The normalized spacial score (nSPS) is 11.1. The number of imidazole rings is 1. The quantitative estimate of drug-likeness (QED) is 0.747. The predicted octanol–water partition coefficient (Wildman–Crippen LogP) is 3.47. The molecule has 24 heavy (non-hydrogen) atoms. The number of hydrogen-bond donors (Lipinski definition) is 1. The molecular formula is C18H17FN4O. The van der Waals surface area contributed by atoms with Gasteiger partial charge in [-0.3, -0.25) is 0 Å². The molecule has 122 valence electrons. The minimum Gasteiger partial charge on any atom is -0.496 e. The predicted molar refractivity (Wildman–Crippen MR) is 92.8 cm³/mol. The van der Waals surface area contributed by atoms with Crippen molar-refractivity contribution in [3.63, 3.8) is 0 Å². The zero-order valence-corrected chi connectivity index (χ0v) is 13.4. The van der Waals surface area contributed by atoms with Crippen LogP contribution in [-0.4, -0.2) is 23.0 Å². The summed E-state index contributed by atoms with van der Waals surface area (Å²) >= 11 is 0. The van der Waals surface area contributed by atoms with Crippen LogP contribution in [-0.2, 0) is 0 Å². The highest BCUT2D eigenvalue weighted by atomic mass is 19.1. The molecule has 1 heterocycles. The number of rotatable bonds is 4. The Balaban J connectivity index is 1.86. The van der Waals surface area contributed by atoms with Gasteiger partial charge in [0, 0.05) is 5.56 Å². The van der Waals surface area contributed by atoms with Crippen molar-refractivity contribution in [3.05, 3.63) is 65.7 Å². The first-order valence-electron chi connectivity index (χ1n) is 7.36. The number of anilines is 1. The lowest BCUT2D eigenvalue weighted by molar-refractivity contribution is 0.415. The molecule has 3 aromatic rings. The van der Waals surface area contributed by atoms with E-state index < -0.39 is 0 Å². The second-order valence-electron chi connectivity index (χ2n) is 5.30. The van der Waals surface area contributed by atoms with Crippen LogP contribution in [0, 0.1) is 12.7 Å². The zero-order chi connectivity index (χ0) is 17.1. The molecule has 0 amide bonds. The maximum atomic E-state index is 13.5. The highest BCUT2D eigenvalue weighted by Gasteiger charge is 2.07. The lowest BCUT2D eigenvalue weighted by atomic mass is 10.0. The topological polar surface area (TPSA) is 65.4 Å². The number of nitrogens with two attached hydrogens (primary N) is 1. The van der Waals surface area contributed by atoms with E-state index in [1.807, 2.05) is 31.2 Å². The molecule has 0 radical (unpaired) electrons. The van der Waals surface area contributed by atoms with Crippen LogP contribution in [0.4, 0.5) is 10.3 Å². The maximum absolute atomic E-state index is 13.5. The Morgan fingerprint density at radius 2 is 1.96 bits per heavy atom. The molecule has 6 heteroatoms. The first kappa shape index (κ1) is 15.7. The van der Waals surface area contributed by atoms with Crippen LogP contribution in [0.3, 0.4) is 0 Å². The van der Waals surface area contributed by atoms with Gasteiger partial charge in [0.1, 0.15) is 11.6 Å². The van der Waals surface area contributed by atoms with E-state index in [0.29, 0.717) is 17.3 Å². The number of aromatic nitrogens is 2. The summed E-state index contributed by atoms with van der Waals surface area (Å²) in [4.78, 5) is 4.08. The van der Waals surface area contributed by atoms with Crippen LogP contribution in [0.25, 0.3) is 11.1 Å². The first-order valence-corrected chi connectivity index (χ1v) is 7.36. The van der Waals surface area contributed by atoms with Crippen molar-refractivity contribution < 1.29 is 9.13 Å². The molecule has 2 aromatic carbocycles. The summed E-state index contributed by atoms with van der Waals surface area (Å²) in [6.45, 7) is 1.85. The van der Waals surface area contributed by atoms with Crippen LogP contribution >= 0.6 is 0 Å². The lowest BCUT2D eigenvalue weighted by Crippen LogP contribution is -1.97. The summed E-state index contributed by atoms with van der Waals surface area (Å²) in [6.07, 6.45) is 3.43. The third-order valence-electron chi connectivity index (χ3n) is 3.55. The van der Waals surface area contributed by atoms with Crippen molar-refractivity contribution in [2.24, 2.45) is 5.10 Å². The van der Waals surface area contributed by atoms with Gasteiger partial charge in [-0.2, -0.15) is 5.10 Å². The van der Waals surface area contributed by atoms with Gasteiger partial charge in [0.2, 0.25) is 5.95 Å². The van der Waals surface area contributed by atoms with E-state index in [2.05, 4.69) is 10.1 Å². The van der Waals surface area contributed by atoms with E-state index in [4.69, 9.17) is 10.5 Å². The van der Waals surface area contributed by atoms with Gasteiger partial charge in [0.15, 0.2) is 0 Å². The van der Waals surface area contributed by atoms with E-state index in [1.165, 1.54) is 16.8 Å². The maximum Gasteiger partial charge on any atom is 0.221 e. The fourth-order valence-corrected chi connectivity index (χ4v) is 2.38. The van der Waals surface area contributed by atoms with Crippen LogP contribution in [0.15, 0.2) is 53.8 Å². The van der Waals surface area contributed by atoms with Gasteiger partial charge in [-0.25, -0.2) is 14.1 Å². The molecule has 5 nitrogen and oxygen atoms in total. The molecule has 1 aromatic heterocycles. The molecule has 0 aliphatic carbocycles. The summed E-state index contributed by atoms with van der Waals surface area (Å²) < 4.78 is 20.3. The Kier molecular flexibility index (Phi) is 4.29. The average Bonchev–Trinajstić information content (AvgIpc) is 2.91. The number of hydrogen-bond acceptors (Lipinski definition) is 4. The van der Waals surface area contributed by atoms with Gasteiger partial charge in [0.05, 0.1) is 25.2 Å². The number of nitrogen functional groups attached to an aromatic ring is 1. The van der Waals surface area contributed by atoms with Gasteiger partial charge in [-0.15, -0.1) is 0 Å². The Morgan fingerprint density at radius 1 is 1.21 bits per heavy atom. The number of ether oxygens (including phenoxy) is 1. The second-order valence-corrected chi connectivity index (χ2v) is 5.30. The summed E-state index contributed by atoms with van der Waals surface area (Å²) in [7, 11) is 1.56. The van der Waals surface area contributed by atoms with E-state index in [0.717, 1.165) is 16.8 Å². The number of halogens is 1. The van der Waals surface area contributed by atoms with E-state index in [-0.39, 0.29) is 5.82 Å². The third kappa shape index (κ3) is 3.27. The van der Waals surface area contributed by atoms with Gasteiger partial charge < -0.3 is 10.5 Å². The number of aryl methyl sites for hydroxylation is 1. The molecule has 0 unspecified atom stereocenters. The molecule has 0 aliphatic heterocycles. The average molecular weight is 324 g/mol. The Bertz CT molecular complexity index is 885. The lowest BCUT2D eigenvalue weighted by Gasteiger charge is -2.09. The SMILES string of the molecule is COc1ccc(F)cc1-c1ccc(C=Nn2cc(C)nc2N)cc1. The van der Waals surface area contributed by atoms with Crippen molar-refractivity contribution in [1.82, 2.24) is 9.66 Å². The second kappa shape index (κ2) is 6.54. The molecule has 0 atom stereocenters. The van der Waals surface area contributed by atoms with Crippen LogP contribution < -0.4 is 10.5 Å². The molecule has 2 N–H and O–H groups in total. The zero-order valence-electron chi connectivity index (χ0n) is 13.4. The first-order chi connectivity index (χ1) is 11.6. The van der Waals surface area contributed by atoms with E-state index in [9.17, 15) is 4.39 Å². The summed E-state index contributed by atoms with van der Waals surface area (Å²) in [5, 5.41) is 4.27. The summed E-state index contributed by atoms with van der Waals surface area (Å²) in [5.41, 5.74) is 9.00. The molecule has 0 bridgehead atoms. The number of methoxy groups -OCH3 is 1. The molecule has 0 fully saturated rings. The standard InChI is InChI=1S/C18H17FN4O/c1-12-11-23(18(20)22-12)21-10-13-3-5-14(6-4-13)16-9-15(19)7-8-17(16)24-2/h3-11H,1-2H3,(H2,20,22). The monoisotopic (exact) mass is 324 g/mol. The molecule has 0 saturated carbocycles. The Morgan fingerprint density at radius 3 is 2.58 bits per heavy atom. The molecular weight excluding hydrogens is 307 g/mol. The van der Waals surface area contributed by atoms with Crippen LogP contribution in [0.2, 0.25) is 0 Å². The fourth-order valence-electron chi connectivity index (χ4n) is 2.38. The Hall–Kier alpha value is -3.15. The van der Waals surface area contributed by atoms with Crippen LogP contribution in [0.5, 0.6) is 5.75 Å². The summed E-state index contributed by atoms with van der Waals surface area (Å²) in [5.74, 6) is 0.659. The summed E-state index contributed by atoms with van der Waals surface area (Å²) in [6, 6.07) is 12.0. The molecule has 3 rings (SSSR count). The van der Waals surface area contributed by atoms with Gasteiger partial charge >= 0.3 is 0 Å². The van der Waals surface area contributed by atoms with E-state index >= 15 is 0 Å². The molecule has 0 aliphatic rings. The smallest absolute Gasteiger partial charge is 0.221 e. The molecule has 0 saturated heterocycles. The van der Waals surface area contributed by atoms with Crippen LogP contribution in [0.1, 0.15) is 11.3 Å². The Labute approximate surface area is 139 Å². The minimum absolute atomic E-state index is 0.303. The highest BCUT2D eigenvalue weighted by molar-refractivity contribution is 5.81. The highest BCUT2D eigenvalue weighted by Crippen LogP contribution is 2.30. The van der Waals surface area contributed by atoms with Crippen molar-refractivity contribution in [2.45, 2.75) is 6.92 Å². The third-order valence-corrected chi connectivity index (χ3v) is 3.55. The minimum atomic E-state index is -0.303. The van der Waals surface area contributed by atoms with Gasteiger partial charge in [0.25, 0.3) is 0 Å². The van der Waals surface area contributed by atoms with Crippen molar-refractivity contribution in [3.8, 4) is 16.9 Å². The largest absolute Gasteiger partial charge is 0.496 e. The van der Waals surface area contributed by atoms with Crippen molar-refractivity contribution in [1.29, 1.82) is 0 Å². The van der Waals surface area contributed by atoms with Gasteiger partial charge in [-0.05, 0) is 36.2 Å². The van der Waals surface area contributed by atoms with Gasteiger partial charge in [-0.1, -0.05) is 24.3 Å². The van der Waals surface area contributed by atoms with Crippen molar-refractivity contribution in [2.75, 3.05) is 12.8 Å². The molecule has 0 spiro atoms. The van der Waals surface area contributed by atoms with E-state index in [1.54, 1.807) is 25.6 Å². The number of nitrogens with zero attached hydrogens (tertiary/aromatic N) is 3.